The van der Waals surface area contributed by atoms with Crippen molar-refractivity contribution in [2.75, 3.05) is 18.1 Å². The van der Waals surface area contributed by atoms with Crippen molar-refractivity contribution in [2.45, 2.75) is 19.4 Å². The molecule has 1 unspecified atom stereocenters. The summed E-state index contributed by atoms with van der Waals surface area (Å²) in [6, 6.07) is 21.3. The molecule has 1 aliphatic rings. The minimum atomic E-state index is -0.568. The standard InChI is InChI=1S/C23H21NO4/c1-16-13-18-8-3-5-11-20(18)24(16)22(25)14-28-23(26)15-27-21-12-6-9-17-7-2-4-10-19(17)21/h2-12,16H,13-15H2,1H3. The van der Waals surface area contributed by atoms with Crippen LogP contribution in [0.15, 0.2) is 66.7 Å². The summed E-state index contributed by atoms with van der Waals surface area (Å²) in [5.41, 5.74) is 2.03. The summed E-state index contributed by atoms with van der Waals surface area (Å²) in [4.78, 5) is 26.4. The predicted molar refractivity (Wildman–Crippen MR) is 107 cm³/mol. The third kappa shape index (κ3) is 3.56. The topological polar surface area (TPSA) is 55.8 Å². The summed E-state index contributed by atoms with van der Waals surface area (Å²) in [5.74, 6) is -0.180. The van der Waals surface area contributed by atoms with Gasteiger partial charge in [-0.25, -0.2) is 4.79 Å². The number of para-hydroxylation sites is 1. The third-order valence-electron chi connectivity index (χ3n) is 4.93. The van der Waals surface area contributed by atoms with Gasteiger partial charge in [0.25, 0.3) is 5.91 Å². The molecule has 0 saturated heterocycles. The van der Waals surface area contributed by atoms with Crippen LogP contribution < -0.4 is 9.64 Å². The Morgan fingerprint density at radius 3 is 2.61 bits per heavy atom. The molecule has 0 aliphatic carbocycles. The number of hydrogen-bond donors (Lipinski definition) is 0. The van der Waals surface area contributed by atoms with E-state index in [1.807, 2.05) is 73.7 Å². The van der Waals surface area contributed by atoms with Crippen LogP contribution in [-0.4, -0.2) is 31.1 Å². The van der Waals surface area contributed by atoms with Crippen molar-refractivity contribution in [3.63, 3.8) is 0 Å². The van der Waals surface area contributed by atoms with Crippen molar-refractivity contribution in [3.05, 3.63) is 72.3 Å². The largest absolute Gasteiger partial charge is 0.481 e. The number of nitrogens with zero attached hydrogens (tertiary/aromatic N) is 1. The second-order valence-electron chi connectivity index (χ2n) is 6.87. The highest BCUT2D eigenvalue weighted by molar-refractivity contribution is 5.97. The maximum atomic E-state index is 12.6. The third-order valence-corrected chi connectivity index (χ3v) is 4.93. The van der Waals surface area contributed by atoms with Gasteiger partial charge in [-0.15, -0.1) is 0 Å². The number of hydrogen-bond acceptors (Lipinski definition) is 4. The molecule has 0 spiro atoms. The molecule has 5 nitrogen and oxygen atoms in total. The molecule has 4 rings (SSSR count). The SMILES string of the molecule is CC1Cc2ccccc2N1C(=O)COC(=O)COc1cccc2ccccc12. The normalized spacial score (nSPS) is 15.3. The Labute approximate surface area is 163 Å². The average Bonchev–Trinajstić information content (AvgIpc) is 3.06. The molecule has 28 heavy (non-hydrogen) atoms. The van der Waals surface area contributed by atoms with Crippen molar-refractivity contribution in [2.24, 2.45) is 0 Å². The fourth-order valence-electron chi connectivity index (χ4n) is 3.66. The molecule has 1 atom stereocenters. The molecular weight excluding hydrogens is 354 g/mol. The molecule has 1 amide bonds. The Morgan fingerprint density at radius 1 is 0.964 bits per heavy atom. The van der Waals surface area contributed by atoms with Crippen LogP contribution in [0.25, 0.3) is 10.8 Å². The zero-order chi connectivity index (χ0) is 19.5. The van der Waals surface area contributed by atoms with Crippen LogP contribution in [0.4, 0.5) is 5.69 Å². The highest BCUT2D eigenvalue weighted by Crippen LogP contribution is 2.31. The molecular formula is C23H21NO4. The second kappa shape index (κ2) is 7.72. The Morgan fingerprint density at radius 2 is 1.71 bits per heavy atom. The number of anilines is 1. The summed E-state index contributed by atoms with van der Waals surface area (Å²) < 4.78 is 10.8. The molecule has 0 fully saturated rings. The zero-order valence-corrected chi connectivity index (χ0v) is 15.6. The van der Waals surface area contributed by atoms with Gasteiger partial charge in [0, 0.05) is 17.1 Å². The van der Waals surface area contributed by atoms with Gasteiger partial charge in [-0.1, -0.05) is 54.6 Å². The van der Waals surface area contributed by atoms with Crippen molar-refractivity contribution < 1.29 is 19.1 Å². The van der Waals surface area contributed by atoms with E-state index in [0.717, 1.165) is 28.4 Å². The smallest absolute Gasteiger partial charge is 0.344 e. The summed E-state index contributed by atoms with van der Waals surface area (Å²) in [6.07, 6.45) is 0.806. The lowest BCUT2D eigenvalue weighted by molar-refractivity contribution is -0.149. The molecule has 142 valence electrons. The number of fused-ring (bicyclic) bond motifs is 2. The van der Waals surface area contributed by atoms with Crippen molar-refractivity contribution >= 4 is 28.3 Å². The first-order valence-corrected chi connectivity index (χ1v) is 9.29. The molecule has 3 aromatic rings. The minimum Gasteiger partial charge on any atom is -0.481 e. The van der Waals surface area contributed by atoms with Gasteiger partial charge in [-0.3, -0.25) is 4.79 Å². The Bertz CT molecular complexity index is 1020. The van der Waals surface area contributed by atoms with E-state index in [2.05, 4.69) is 0 Å². The fraction of sp³-hybridized carbons (Fsp3) is 0.217. The molecule has 1 aliphatic heterocycles. The van der Waals surface area contributed by atoms with Crippen molar-refractivity contribution in [1.29, 1.82) is 0 Å². The summed E-state index contributed by atoms with van der Waals surface area (Å²) in [7, 11) is 0. The van der Waals surface area contributed by atoms with Crippen LogP contribution in [0, 0.1) is 0 Å². The Hall–Kier alpha value is -3.34. The van der Waals surface area contributed by atoms with E-state index in [1.165, 1.54) is 0 Å². The van der Waals surface area contributed by atoms with Gasteiger partial charge in [-0.2, -0.15) is 0 Å². The van der Waals surface area contributed by atoms with E-state index >= 15 is 0 Å². The number of carbonyl (C=O) groups excluding carboxylic acids is 2. The van der Waals surface area contributed by atoms with Gasteiger partial charge in [0.2, 0.25) is 0 Å². The van der Waals surface area contributed by atoms with Crippen LogP contribution in [0.1, 0.15) is 12.5 Å². The van der Waals surface area contributed by atoms with E-state index in [1.54, 1.807) is 4.90 Å². The number of rotatable bonds is 5. The maximum absolute atomic E-state index is 12.6. The summed E-state index contributed by atoms with van der Waals surface area (Å²) in [6.45, 7) is 1.45. The van der Waals surface area contributed by atoms with E-state index in [0.29, 0.717) is 5.75 Å². The average molecular weight is 375 g/mol. The number of amides is 1. The zero-order valence-electron chi connectivity index (χ0n) is 15.6. The van der Waals surface area contributed by atoms with Gasteiger partial charge >= 0.3 is 5.97 Å². The number of esters is 1. The number of ether oxygens (including phenoxy) is 2. The van der Waals surface area contributed by atoms with E-state index in [9.17, 15) is 9.59 Å². The van der Waals surface area contributed by atoms with E-state index in [-0.39, 0.29) is 25.2 Å². The molecule has 0 bridgehead atoms. The lowest BCUT2D eigenvalue weighted by Crippen LogP contribution is -2.39. The minimum absolute atomic E-state index is 0.0514. The highest BCUT2D eigenvalue weighted by atomic mass is 16.6. The number of carbonyl (C=O) groups is 2. The van der Waals surface area contributed by atoms with Crippen LogP contribution in [-0.2, 0) is 20.7 Å². The van der Waals surface area contributed by atoms with Crippen molar-refractivity contribution in [3.8, 4) is 5.75 Å². The fourth-order valence-corrected chi connectivity index (χ4v) is 3.66. The predicted octanol–water partition coefficient (Wildman–Crippen LogP) is 3.74. The molecule has 1 heterocycles. The van der Waals surface area contributed by atoms with Gasteiger partial charge in [-0.05, 0) is 36.4 Å². The maximum Gasteiger partial charge on any atom is 0.344 e. The van der Waals surface area contributed by atoms with Gasteiger partial charge in [0.05, 0.1) is 0 Å². The number of benzene rings is 3. The van der Waals surface area contributed by atoms with Crippen LogP contribution >= 0.6 is 0 Å². The first-order chi connectivity index (χ1) is 13.6. The monoisotopic (exact) mass is 375 g/mol. The van der Waals surface area contributed by atoms with Gasteiger partial charge < -0.3 is 14.4 Å². The summed E-state index contributed by atoms with van der Waals surface area (Å²) >= 11 is 0. The lowest BCUT2D eigenvalue weighted by atomic mass is 10.1. The molecule has 0 aromatic heterocycles. The Balaban J connectivity index is 1.34. The van der Waals surface area contributed by atoms with Gasteiger partial charge in [0.15, 0.2) is 13.2 Å². The molecule has 5 heteroatoms. The first-order valence-electron chi connectivity index (χ1n) is 9.29. The summed E-state index contributed by atoms with van der Waals surface area (Å²) in [5, 5.41) is 1.96. The Kier molecular flexibility index (Phi) is 4.98. The van der Waals surface area contributed by atoms with Crippen LogP contribution in [0.5, 0.6) is 5.75 Å². The van der Waals surface area contributed by atoms with Gasteiger partial charge in [0.1, 0.15) is 5.75 Å². The molecule has 0 saturated carbocycles. The van der Waals surface area contributed by atoms with E-state index in [4.69, 9.17) is 9.47 Å². The quantitative estimate of drug-likeness (QED) is 0.638. The molecule has 0 radical (unpaired) electrons. The first kappa shape index (κ1) is 18.0. The van der Waals surface area contributed by atoms with Crippen molar-refractivity contribution in [1.82, 2.24) is 0 Å². The highest BCUT2D eigenvalue weighted by Gasteiger charge is 2.30. The lowest BCUT2D eigenvalue weighted by Gasteiger charge is -2.22. The molecule has 3 aromatic carbocycles. The second-order valence-corrected chi connectivity index (χ2v) is 6.87. The van der Waals surface area contributed by atoms with Crippen LogP contribution in [0.2, 0.25) is 0 Å². The van der Waals surface area contributed by atoms with E-state index < -0.39 is 5.97 Å². The molecule has 0 N–H and O–H groups in total. The van der Waals surface area contributed by atoms with Crippen LogP contribution in [0.3, 0.4) is 0 Å².